The quantitative estimate of drug-likeness (QED) is 0.373. The molecule has 1 rings (SSSR count). The van der Waals surface area contributed by atoms with Crippen molar-refractivity contribution in [3.63, 3.8) is 0 Å². The minimum Gasteiger partial charge on any atom is -0.352 e. The fourth-order valence-electron chi connectivity index (χ4n) is 2.87. The molecule has 0 bridgehead atoms. The molecule has 0 aliphatic rings. The SMILES string of the molecule is CCCCCCCCCCCCCC(=O)NCc1ccccc1Cl. The molecule has 0 fully saturated rings. The lowest BCUT2D eigenvalue weighted by Gasteiger charge is -2.07. The van der Waals surface area contributed by atoms with Gasteiger partial charge >= 0.3 is 0 Å². The summed E-state index contributed by atoms with van der Waals surface area (Å²) in [5, 5.41) is 3.67. The van der Waals surface area contributed by atoms with Gasteiger partial charge in [-0.2, -0.15) is 0 Å². The number of carbonyl (C=O) groups is 1. The van der Waals surface area contributed by atoms with Gasteiger partial charge < -0.3 is 5.32 Å². The maximum atomic E-state index is 11.8. The fraction of sp³-hybridized carbons (Fsp3) is 0.667. The summed E-state index contributed by atoms with van der Waals surface area (Å²) < 4.78 is 0. The highest BCUT2D eigenvalue weighted by Gasteiger charge is 2.03. The van der Waals surface area contributed by atoms with Gasteiger partial charge in [0.25, 0.3) is 0 Å². The number of amides is 1. The first-order valence-corrected chi connectivity index (χ1v) is 10.1. The molecule has 0 aliphatic heterocycles. The van der Waals surface area contributed by atoms with Gasteiger partial charge in [-0.25, -0.2) is 0 Å². The van der Waals surface area contributed by atoms with Crippen LogP contribution in [-0.4, -0.2) is 5.91 Å². The van der Waals surface area contributed by atoms with Gasteiger partial charge in [0.15, 0.2) is 0 Å². The number of unbranched alkanes of at least 4 members (excludes halogenated alkanes) is 10. The molecule has 2 nitrogen and oxygen atoms in total. The van der Waals surface area contributed by atoms with E-state index in [2.05, 4.69) is 12.2 Å². The Labute approximate surface area is 153 Å². The molecule has 1 aromatic rings. The molecular weight excluding hydrogens is 318 g/mol. The molecule has 1 N–H and O–H groups in total. The highest BCUT2D eigenvalue weighted by molar-refractivity contribution is 6.31. The van der Waals surface area contributed by atoms with Crippen molar-refractivity contribution in [2.24, 2.45) is 0 Å². The third-order valence-corrected chi connectivity index (χ3v) is 4.81. The zero-order chi connectivity index (χ0) is 17.5. The summed E-state index contributed by atoms with van der Waals surface area (Å²) in [6.45, 7) is 2.79. The predicted octanol–water partition coefficient (Wildman–Crippen LogP) is 6.66. The average Bonchev–Trinajstić information content (AvgIpc) is 2.59. The van der Waals surface area contributed by atoms with Crippen LogP contribution in [0.2, 0.25) is 5.02 Å². The van der Waals surface area contributed by atoms with Crippen LogP contribution >= 0.6 is 11.6 Å². The van der Waals surface area contributed by atoms with Crippen molar-refractivity contribution in [1.82, 2.24) is 5.32 Å². The number of hydrogen-bond acceptors (Lipinski definition) is 1. The number of rotatable bonds is 14. The normalized spacial score (nSPS) is 10.8. The van der Waals surface area contributed by atoms with Crippen molar-refractivity contribution in [3.05, 3.63) is 34.9 Å². The van der Waals surface area contributed by atoms with E-state index in [0.717, 1.165) is 18.4 Å². The van der Waals surface area contributed by atoms with Crippen LogP contribution < -0.4 is 5.32 Å². The van der Waals surface area contributed by atoms with E-state index in [-0.39, 0.29) is 5.91 Å². The van der Waals surface area contributed by atoms with E-state index in [4.69, 9.17) is 11.6 Å². The summed E-state index contributed by atoms with van der Waals surface area (Å²) in [7, 11) is 0. The molecule has 136 valence electrons. The summed E-state index contributed by atoms with van der Waals surface area (Å²) in [5.74, 6) is 0.130. The highest BCUT2D eigenvalue weighted by Crippen LogP contribution is 2.15. The van der Waals surface area contributed by atoms with E-state index < -0.39 is 0 Å². The molecule has 0 aliphatic carbocycles. The largest absolute Gasteiger partial charge is 0.352 e. The van der Waals surface area contributed by atoms with E-state index in [0.29, 0.717) is 18.0 Å². The molecule has 24 heavy (non-hydrogen) atoms. The van der Waals surface area contributed by atoms with Crippen LogP contribution in [0.5, 0.6) is 0 Å². The Kier molecular flexibility index (Phi) is 12.6. The molecule has 0 radical (unpaired) electrons. The topological polar surface area (TPSA) is 29.1 Å². The average molecular weight is 352 g/mol. The predicted molar refractivity (Wildman–Crippen MR) is 104 cm³/mol. The van der Waals surface area contributed by atoms with Crippen LogP contribution in [0.15, 0.2) is 24.3 Å². The van der Waals surface area contributed by atoms with Gasteiger partial charge in [-0.05, 0) is 18.1 Å². The van der Waals surface area contributed by atoms with Crippen LogP contribution in [0.25, 0.3) is 0 Å². The molecule has 1 aromatic carbocycles. The van der Waals surface area contributed by atoms with Crippen molar-refractivity contribution in [1.29, 1.82) is 0 Å². The van der Waals surface area contributed by atoms with Crippen LogP contribution in [0.3, 0.4) is 0 Å². The summed E-state index contributed by atoms with van der Waals surface area (Å²) in [6, 6.07) is 7.65. The van der Waals surface area contributed by atoms with Crippen LogP contribution in [0.1, 0.15) is 89.5 Å². The Balaban J connectivity index is 1.90. The molecule has 0 heterocycles. The Morgan fingerprint density at radius 3 is 2.00 bits per heavy atom. The Hall–Kier alpha value is -1.02. The molecular formula is C21H34ClNO. The fourth-order valence-corrected chi connectivity index (χ4v) is 3.08. The van der Waals surface area contributed by atoms with Gasteiger partial charge in [0, 0.05) is 18.0 Å². The Morgan fingerprint density at radius 1 is 0.875 bits per heavy atom. The molecule has 0 aromatic heterocycles. The Bertz CT molecular complexity index is 447. The lowest BCUT2D eigenvalue weighted by molar-refractivity contribution is -0.121. The first-order chi connectivity index (χ1) is 11.7. The molecule has 1 amide bonds. The maximum absolute atomic E-state index is 11.8. The van der Waals surface area contributed by atoms with Crippen molar-refractivity contribution >= 4 is 17.5 Å². The van der Waals surface area contributed by atoms with Gasteiger partial charge in [-0.3, -0.25) is 4.79 Å². The van der Waals surface area contributed by atoms with Gasteiger partial charge in [-0.1, -0.05) is 101 Å². The molecule has 0 atom stereocenters. The monoisotopic (exact) mass is 351 g/mol. The number of halogens is 1. The summed E-state index contributed by atoms with van der Waals surface area (Å²) in [5.41, 5.74) is 0.978. The molecule has 0 unspecified atom stereocenters. The van der Waals surface area contributed by atoms with E-state index in [1.54, 1.807) is 0 Å². The van der Waals surface area contributed by atoms with Gasteiger partial charge in [-0.15, -0.1) is 0 Å². The number of benzene rings is 1. The lowest BCUT2D eigenvalue weighted by atomic mass is 10.1. The van der Waals surface area contributed by atoms with Crippen molar-refractivity contribution in [2.75, 3.05) is 0 Å². The summed E-state index contributed by atoms with van der Waals surface area (Å²) in [6.07, 6.45) is 15.0. The first kappa shape index (κ1) is 21.0. The van der Waals surface area contributed by atoms with E-state index in [9.17, 15) is 4.79 Å². The molecule has 0 spiro atoms. The Morgan fingerprint density at radius 2 is 1.42 bits per heavy atom. The second-order valence-corrected chi connectivity index (χ2v) is 7.06. The number of nitrogens with one attached hydrogen (secondary N) is 1. The molecule has 0 saturated carbocycles. The van der Waals surface area contributed by atoms with E-state index >= 15 is 0 Å². The van der Waals surface area contributed by atoms with Crippen LogP contribution in [0.4, 0.5) is 0 Å². The van der Waals surface area contributed by atoms with Gasteiger partial charge in [0.1, 0.15) is 0 Å². The first-order valence-electron chi connectivity index (χ1n) is 9.74. The third-order valence-electron chi connectivity index (χ3n) is 4.44. The third kappa shape index (κ3) is 10.7. The van der Waals surface area contributed by atoms with E-state index in [1.165, 1.54) is 57.8 Å². The van der Waals surface area contributed by atoms with E-state index in [1.807, 2.05) is 24.3 Å². The van der Waals surface area contributed by atoms with Crippen LogP contribution in [-0.2, 0) is 11.3 Å². The highest BCUT2D eigenvalue weighted by atomic mass is 35.5. The number of carbonyl (C=O) groups excluding carboxylic acids is 1. The summed E-state index contributed by atoms with van der Waals surface area (Å²) in [4.78, 5) is 11.8. The molecule has 0 saturated heterocycles. The minimum absolute atomic E-state index is 0.130. The van der Waals surface area contributed by atoms with Gasteiger partial charge in [0.05, 0.1) is 0 Å². The maximum Gasteiger partial charge on any atom is 0.220 e. The standard InChI is InChI=1S/C21H34ClNO/c1-2-3-4-5-6-7-8-9-10-11-12-17-21(24)23-18-19-15-13-14-16-20(19)22/h13-16H,2-12,17-18H2,1H3,(H,23,24). The van der Waals surface area contributed by atoms with Gasteiger partial charge in [0.2, 0.25) is 5.91 Å². The van der Waals surface area contributed by atoms with Crippen molar-refractivity contribution in [2.45, 2.75) is 90.5 Å². The van der Waals surface area contributed by atoms with Crippen LogP contribution in [0, 0.1) is 0 Å². The van der Waals surface area contributed by atoms with Crippen molar-refractivity contribution in [3.8, 4) is 0 Å². The lowest BCUT2D eigenvalue weighted by Crippen LogP contribution is -2.22. The zero-order valence-electron chi connectivity index (χ0n) is 15.3. The smallest absolute Gasteiger partial charge is 0.220 e. The second kappa shape index (κ2) is 14.3. The number of hydrogen-bond donors (Lipinski definition) is 1. The summed E-state index contributed by atoms with van der Waals surface area (Å²) >= 11 is 6.08. The zero-order valence-corrected chi connectivity index (χ0v) is 16.0. The molecule has 3 heteroatoms. The van der Waals surface area contributed by atoms with Crippen molar-refractivity contribution < 1.29 is 4.79 Å². The minimum atomic E-state index is 0.130. The second-order valence-electron chi connectivity index (χ2n) is 6.65.